The van der Waals surface area contributed by atoms with Crippen LogP contribution in [0.2, 0.25) is 5.02 Å². The summed E-state index contributed by atoms with van der Waals surface area (Å²) in [6.07, 6.45) is 1.79. The number of carbonyl (C=O) groups is 2. The highest BCUT2D eigenvalue weighted by Gasteiger charge is 2.28. The van der Waals surface area contributed by atoms with Crippen LogP contribution < -0.4 is 5.32 Å². The van der Waals surface area contributed by atoms with Crippen LogP contribution in [-0.4, -0.2) is 34.6 Å². The first-order valence-electron chi connectivity index (χ1n) is 10.5. The van der Waals surface area contributed by atoms with Gasteiger partial charge in [-0.25, -0.2) is 0 Å². The smallest absolute Gasteiger partial charge is 0.243 e. The molecule has 0 saturated carbocycles. The minimum atomic E-state index is -0.496. The molecule has 0 radical (unpaired) electrons. The number of nitrogens with one attached hydrogen (secondary N) is 1. The lowest BCUT2D eigenvalue weighted by atomic mass is 10.1. The van der Waals surface area contributed by atoms with Gasteiger partial charge >= 0.3 is 0 Å². The molecule has 0 fully saturated rings. The van der Waals surface area contributed by atoms with Gasteiger partial charge in [-0.05, 0) is 49.6 Å². The summed E-state index contributed by atoms with van der Waals surface area (Å²) in [4.78, 5) is 28.9. The van der Waals surface area contributed by atoms with Crippen molar-refractivity contribution >= 4 is 35.2 Å². The van der Waals surface area contributed by atoms with E-state index in [1.807, 2.05) is 75.4 Å². The molecule has 2 rings (SSSR count). The molecule has 0 bridgehead atoms. The van der Waals surface area contributed by atoms with Crippen molar-refractivity contribution in [2.45, 2.75) is 63.6 Å². The Morgan fingerprint density at radius 1 is 1.03 bits per heavy atom. The molecule has 0 aliphatic carbocycles. The Balaban J connectivity index is 2.12. The number of nitrogens with zero attached hydrogens (tertiary/aromatic N) is 1. The Kier molecular flexibility index (Phi) is 10.2. The lowest BCUT2D eigenvalue weighted by molar-refractivity contribution is -0.141. The van der Waals surface area contributed by atoms with Crippen molar-refractivity contribution in [2.75, 3.05) is 5.75 Å². The number of rotatable bonds is 11. The van der Waals surface area contributed by atoms with Gasteiger partial charge in [-0.3, -0.25) is 9.59 Å². The average Bonchev–Trinajstić information content (AvgIpc) is 2.75. The zero-order valence-electron chi connectivity index (χ0n) is 17.9. The third-order valence-corrected chi connectivity index (χ3v) is 6.25. The van der Waals surface area contributed by atoms with Gasteiger partial charge in [-0.2, -0.15) is 0 Å². The Morgan fingerprint density at radius 3 is 2.30 bits per heavy atom. The van der Waals surface area contributed by atoms with E-state index in [0.717, 1.165) is 16.9 Å². The Bertz CT molecular complexity index is 799. The van der Waals surface area contributed by atoms with Crippen molar-refractivity contribution in [1.82, 2.24) is 10.2 Å². The second kappa shape index (κ2) is 12.7. The lowest BCUT2D eigenvalue weighted by Gasteiger charge is -2.31. The first kappa shape index (κ1) is 24.3. The SMILES string of the molecule is CC[C@@H](C)NC(=O)[C@H](CC)N(Cc1ccc(Cl)cc1)C(=O)CCSc1ccccc1. The van der Waals surface area contributed by atoms with Crippen LogP contribution in [-0.2, 0) is 16.1 Å². The quantitative estimate of drug-likeness (QED) is 0.460. The Hall–Kier alpha value is -1.98. The summed E-state index contributed by atoms with van der Waals surface area (Å²) >= 11 is 7.65. The minimum absolute atomic E-state index is 0.0143. The molecule has 30 heavy (non-hydrogen) atoms. The fraction of sp³-hybridized carbons (Fsp3) is 0.417. The van der Waals surface area contributed by atoms with Gasteiger partial charge in [0.05, 0.1) is 0 Å². The monoisotopic (exact) mass is 446 g/mol. The first-order valence-corrected chi connectivity index (χ1v) is 11.8. The predicted molar refractivity (Wildman–Crippen MR) is 126 cm³/mol. The van der Waals surface area contributed by atoms with Crippen molar-refractivity contribution in [3.05, 3.63) is 65.2 Å². The maximum atomic E-state index is 13.2. The van der Waals surface area contributed by atoms with E-state index in [4.69, 9.17) is 11.6 Å². The van der Waals surface area contributed by atoms with E-state index in [9.17, 15) is 9.59 Å². The highest BCUT2D eigenvalue weighted by atomic mass is 35.5. The maximum Gasteiger partial charge on any atom is 0.243 e. The van der Waals surface area contributed by atoms with Gasteiger partial charge in [0.2, 0.25) is 11.8 Å². The van der Waals surface area contributed by atoms with E-state index >= 15 is 0 Å². The fourth-order valence-electron chi connectivity index (χ4n) is 3.06. The normalized spacial score (nSPS) is 12.8. The molecule has 0 unspecified atom stereocenters. The number of hydrogen-bond acceptors (Lipinski definition) is 3. The summed E-state index contributed by atoms with van der Waals surface area (Å²) in [5, 5.41) is 3.68. The molecule has 0 heterocycles. The van der Waals surface area contributed by atoms with Crippen LogP contribution in [0, 0.1) is 0 Å². The van der Waals surface area contributed by atoms with Crippen LogP contribution in [0.3, 0.4) is 0 Å². The molecule has 162 valence electrons. The van der Waals surface area contributed by atoms with E-state index in [0.29, 0.717) is 30.2 Å². The topological polar surface area (TPSA) is 49.4 Å². The molecule has 0 spiro atoms. The molecule has 4 nitrogen and oxygen atoms in total. The molecule has 0 aliphatic heterocycles. The van der Waals surface area contributed by atoms with Crippen molar-refractivity contribution < 1.29 is 9.59 Å². The van der Waals surface area contributed by atoms with Gasteiger partial charge in [-0.1, -0.05) is 55.8 Å². The highest BCUT2D eigenvalue weighted by Crippen LogP contribution is 2.20. The van der Waals surface area contributed by atoms with Crippen LogP contribution in [0.5, 0.6) is 0 Å². The van der Waals surface area contributed by atoms with Crippen LogP contribution in [0.1, 0.15) is 45.6 Å². The number of benzene rings is 2. The summed E-state index contributed by atoms with van der Waals surface area (Å²) in [7, 11) is 0. The zero-order chi connectivity index (χ0) is 21.9. The number of amides is 2. The molecule has 2 aromatic carbocycles. The number of carbonyl (C=O) groups excluding carboxylic acids is 2. The number of hydrogen-bond donors (Lipinski definition) is 1. The molecular weight excluding hydrogens is 416 g/mol. The van der Waals surface area contributed by atoms with Crippen LogP contribution >= 0.6 is 23.4 Å². The minimum Gasteiger partial charge on any atom is -0.352 e. The van der Waals surface area contributed by atoms with E-state index in [-0.39, 0.29) is 17.9 Å². The molecule has 2 amide bonds. The molecule has 0 aromatic heterocycles. The van der Waals surface area contributed by atoms with Crippen LogP contribution in [0.15, 0.2) is 59.5 Å². The summed E-state index contributed by atoms with van der Waals surface area (Å²) in [5.74, 6) is 0.563. The predicted octanol–water partition coefficient (Wildman–Crippen LogP) is 5.54. The van der Waals surface area contributed by atoms with Gasteiger partial charge in [-0.15, -0.1) is 11.8 Å². The second-order valence-corrected chi connectivity index (χ2v) is 8.91. The average molecular weight is 447 g/mol. The zero-order valence-corrected chi connectivity index (χ0v) is 19.5. The molecule has 2 atom stereocenters. The summed E-state index contributed by atoms with van der Waals surface area (Å²) in [6, 6.07) is 17.0. The summed E-state index contributed by atoms with van der Waals surface area (Å²) < 4.78 is 0. The van der Waals surface area contributed by atoms with E-state index < -0.39 is 6.04 Å². The van der Waals surface area contributed by atoms with E-state index in [1.165, 1.54) is 0 Å². The van der Waals surface area contributed by atoms with Crippen LogP contribution in [0.25, 0.3) is 0 Å². The largest absolute Gasteiger partial charge is 0.352 e. The van der Waals surface area contributed by atoms with Gasteiger partial charge in [0.15, 0.2) is 0 Å². The highest BCUT2D eigenvalue weighted by molar-refractivity contribution is 7.99. The van der Waals surface area contributed by atoms with E-state index in [2.05, 4.69) is 5.32 Å². The molecule has 6 heteroatoms. The van der Waals surface area contributed by atoms with Crippen molar-refractivity contribution in [1.29, 1.82) is 0 Å². The molecule has 2 aromatic rings. The van der Waals surface area contributed by atoms with Gasteiger partial charge in [0.25, 0.3) is 0 Å². The third-order valence-electron chi connectivity index (χ3n) is 4.98. The molecule has 0 saturated heterocycles. The van der Waals surface area contributed by atoms with E-state index in [1.54, 1.807) is 16.7 Å². The number of thioether (sulfide) groups is 1. The van der Waals surface area contributed by atoms with Gasteiger partial charge in [0.1, 0.15) is 6.04 Å². The molecule has 0 aliphatic rings. The number of halogens is 1. The van der Waals surface area contributed by atoms with Crippen LogP contribution in [0.4, 0.5) is 0 Å². The molecular formula is C24H31ClN2O2S. The fourth-order valence-corrected chi connectivity index (χ4v) is 4.05. The van der Waals surface area contributed by atoms with Gasteiger partial charge < -0.3 is 10.2 Å². The Morgan fingerprint density at radius 2 is 1.70 bits per heavy atom. The van der Waals surface area contributed by atoms with Crippen molar-refractivity contribution in [2.24, 2.45) is 0 Å². The summed E-state index contributed by atoms with van der Waals surface area (Å²) in [5.41, 5.74) is 0.957. The van der Waals surface area contributed by atoms with Crippen molar-refractivity contribution in [3.63, 3.8) is 0 Å². The van der Waals surface area contributed by atoms with Gasteiger partial charge in [0, 0.05) is 34.7 Å². The first-order chi connectivity index (χ1) is 14.4. The molecule has 1 N–H and O–H groups in total. The maximum absolute atomic E-state index is 13.2. The second-order valence-electron chi connectivity index (χ2n) is 7.30. The Labute approximate surface area is 189 Å². The standard InChI is InChI=1S/C24H31ClN2O2S/c1-4-18(3)26-24(29)22(5-2)27(17-19-11-13-20(25)14-12-19)23(28)15-16-30-21-9-7-6-8-10-21/h6-14,18,22H,4-5,15-17H2,1-3H3,(H,26,29)/t18-,22+/m1/s1. The lowest BCUT2D eigenvalue weighted by Crippen LogP contribution is -2.50. The summed E-state index contributed by atoms with van der Waals surface area (Å²) in [6.45, 7) is 6.34. The third kappa shape index (κ3) is 7.69. The van der Waals surface area contributed by atoms with Crippen molar-refractivity contribution in [3.8, 4) is 0 Å².